The second-order valence-corrected chi connectivity index (χ2v) is 4.35. The summed E-state index contributed by atoms with van der Waals surface area (Å²) in [5.74, 6) is -0.272. The molecule has 1 aliphatic carbocycles. The molecule has 1 fully saturated rings. The fourth-order valence-electron chi connectivity index (χ4n) is 2.04. The molecule has 0 radical (unpaired) electrons. The van der Waals surface area contributed by atoms with Gasteiger partial charge in [0.15, 0.2) is 0 Å². The quantitative estimate of drug-likeness (QED) is 0.863. The van der Waals surface area contributed by atoms with Gasteiger partial charge in [-0.3, -0.25) is 4.79 Å². The molecule has 88 valence electrons. The largest absolute Gasteiger partial charge is 0.487 e. The van der Waals surface area contributed by atoms with E-state index in [2.05, 4.69) is 0 Å². The van der Waals surface area contributed by atoms with Crippen LogP contribution in [0.2, 0.25) is 0 Å². The Bertz CT molecular complexity index is 472. The molecule has 1 saturated carbocycles. The predicted molar refractivity (Wildman–Crippen MR) is 60.6 cm³/mol. The van der Waals surface area contributed by atoms with Crippen LogP contribution in [0.5, 0.6) is 5.75 Å². The molecule has 4 heteroatoms. The van der Waals surface area contributed by atoms with Crippen molar-refractivity contribution in [1.29, 1.82) is 5.26 Å². The molecular weight excluding hydrogens is 218 g/mol. The van der Waals surface area contributed by atoms with Crippen molar-refractivity contribution in [1.82, 2.24) is 0 Å². The van der Waals surface area contributed by atoms with Gasteiger partial charge in [0.25, 0.3) is 0 Å². The molecule has 0 unspecified atom stereocenters. The van der Waals surface area contributed by atoms with E-state index in [0.717, 1.165) is 19.3 Å². The molecule has 1 aromatic rings. The van der Waals surface area contributed by atoms with Crippen molar-refractivity contribution in [3.8, 4) is 11.8 Å². The molecule has 0 amide bonds. The topological polar surface area (TPSA) is 70.3 Å². The van der Waals surface area contributed by atoms with Crippen LogP contribution in [0, 0.1) is 11.3 Å². The minimum absolute atomic E-state index is 0.0176. The van der Waals surface area contributed by atoms with Gasteiger partial charge in [-0.25, -0.2) is 0 Å². The summed E-state index contributed by atoms with van der Waals surface area (Å²) in [4.78, 5) is 10.8. The Morgan fingerprint density at radius 1 is 1.53 bits per heavy atom. The molecule has 17 heavy (non-hydrogen) atoms. The number of nitrogens with zero attached hydrogens (tertiary/aromatic N) is 1. The number of nitriles is 1. The van der Waals surface area contributed by atoms with Crippen LogP contribution in [0.15, 0.2) is 24.3 Å². The number of hydrogen-bond donors (Lipinski definition) is 1. The fourth-order valence-corrected chi connectivity index (χ4v) is 2.04. The van der Waals surface area contributed by atoms with Gasteiger partial charge in [0.2, 0.25) is 0 Å². The number of carboxylic acid groups (broad SMARTS) is 1. The summed E-state index contributed by atoms with van der Waals surface area (Å²) in [7, 11) is 0. The predicted octanol–water partition coefficient (Wildman–Crippen LogP) is 2.33. The average molecular weight is 231 g/mol. The maximum atomic E-state index is 10.8. The summed E-state index contributed by atoms with van der Waals surface area (Å²) in [6, 6.07) is 8.86. The third kappa shape index (κ3) is 2.56. The summed E-state index contributed by atoms with van der Waals surface area (Å²) < 4.78 is 5.76. The molecule has 0 aliphatic heterocycles. The number of rotatable bonds is 4. The molecule has 0 bridgehead atoms. The first kappa shape index (κ1) is 11.5. The Kier molecular flexibility index (Phi) is 3.01. The van der Waals surface area contributed by atoms with Gasteiger partial charge in [-0.2, -0.15) is 5.26 Å². The van der Waals surface area contributed by atoms with Gasteiger partial charge >= 0.3 is 5.97 Å². The lowest BCUT2D eigenvalue weighted by atomic mass is 9.77. The van der Waals surface area contributed by atoms with Gasteiger partial charge in [0, 0.05) is 0 Å². The minimum atomic E-state index is -0.846. The first-order chi connectivity index (χ1) is 8.13. The van der Waals surface area contributed by atoms with E-state index in [-0.39, 0.29) is 6.42 Å². The van der Waals surface area contributed by atoms with Crippen molar-refractivity contribution in [2.24, 2.45) is 0 Å². The zero-order valence-electron chi connectivity index (χ0n) is 9.35. The van der Waals surface area contributed by atoms with Crippen LogP contribution >= 0.6 is 0 Å². The standard InChI is InChI=1S/C13H13NO3/c14-9-10-3-1-4-11(7-10)17-13(5-2-6-13)8-12(15)16/h1,3-4,7H,2,5-6,8H2,(H,15,16). The number of benzene rings is 1. The maximum Gasteiger partial charge on any atom is 0.307 e. The van der Waals surface area contributed by atoms with E-state index in [0.29, 0.717) is 11.3 Å². The van der Waals surface area contributed by atoms with Crippen molar-refractivity contribution in [3.63, 3.8) is 0 Å². The lowest BCUT2D eigenvalue weighted by Crippen LogP contribution is -2.45. The Labute approximate surface area is 99.4 Å². The number of carbonyl (C=O) groups is 1. The van der Waals surface area contributed by atoms with Crippen LogP contribution in [0.3, 0.4) is 0 Å². The van der Waals surface area contributed by atoms with Crippen LogP contribution in [-0.4, -0.2) is 16.7 Å². The van der Waals surface area contributed by atoms with Crippen LogP contribution < -0.4 is 4.74 Å². The van der Waals surface area contributed by atoms with Crippen molar-refractivity contribution < 1.29 is 14.6 Å². The van der Waals surface area contributed by atoms with Crippen molar-refractivity contribution >= 4 is 5.97 Å². The van der Waals surface area contributed by atoms with Crippen LogP contribution in [-0.2, 0) is 4.79 Å². The van der Waals surface area contributed by atoms with Gasteiger partial charge in [-0.15, -0.1) is 0 Å². The van der Waals surface area contributed by atoms with Crippen LogP contribution in [0.1, 0.15) is 31.2 Å². The van der Waals surface area contributed by atoms with E-state index < -0.39 is 11.6 Å². The Morgan fingerprint density at radius 2 is 2.29 bits per heavy atom. The Balaban J connectivity index is 2.13. The molecule has 4 nitrogen and oxygen atoms in total. The summed E-state index contributed by atoms with van der Waals surface area (Å²) in [5.41, 5.74) is -0.0489. The lowest BCUT2D eigenvalue weighted by Gasteiger charge is -2.40. The van der Waals surface area contributed by atoms with Gasteiger partial charge in [-0.05, 0) is 37.5 Å². The average Bonchev–Trinajstić information content (AvgIpc) is 2.26. The Hall–Kier alpha value is -2.02. The molecule has 1 aliphatic rings. The lowest BCUT2D eigenvalue weighted by molar-refractivity contribution is -0.144. The van der Waals surface area contributed by atoms with Crippen molar-refractivity contribution in [2.75, 3.05) is 0 Å². The van der Waals surface area contributed by atoms with E-state index in [1.54, 1.807) is 24.3 Å². The normalized spacial score (nSPS) is 16.6. The SMILES string of the molecule is N#Cc1cccc(OC2(CC(=O)O)CCC2)c1. The van der Waals surface area contributed by atoms with Gasteiger partial charge in [-0.1, -0.05) is 6.07 Å². The number of ether oxygens (including phenoxy) is 1. The zero-order valence-corrected chi connectivity index (χ0v) is 9.35. The van der Waals surface area contributed by atoms with E-state index >= 15 is 0 Å². The molecule has 0 atom stereocenters. The zero-order chi connectivity index (χ0) is 12.3. The number of aliphatic carboxylic acids is 1. The molecule has 0 heterocycles. The molecular formula is C13H13NO3. The molecule has 1 N–H and O–H groups in total. The van der Waals surface area contributed by atoms with Crippen LogP contribution in [0.25, 0.3) is 0 Å². The molecule has 2 rings (SSSR count). The van der Waals surface area contributed by atoms with E-state index in [4.69, 9.17) is 15.1 Å². The molecule has 1 aromatic carbocycles. The molecule has 0 aromatic heterocycles. The highest BCUT2D eigenvalue weighted by Crippen LogP contribution is 2.39. The summed E-state index contributed by atoms with van der Waals surface area (Å²) in [5, 5.41) is 17.6. The van der Waals surface area contributed by atoms with Crippen molar-refractivity contribution in [2.45, 2.75) is 31.3 Å². The first-order valence-corrected chi connectivity index (χ1v) is 5.55. The van der Waals surface area contributed by atoms with E-state index in [1.165, 1.54) is 0 Å². The molecule has 0 spiro atoms. The third-order valence-electron chi connectivity index (χ3n) is 3.04. The second-order valence-electron chi connectivity index (χ2n) is 4.35. The Morgan fingerprint density at radius 3 is 2.82 bits per heavy atom. The fraction of sp³-hybridized carbons (Fsp3) is 0.385. The maximum absolute atomic E-state index is 10.8. The monoisotopic (exact) mass is 231 g/mol. The summed E-state index contributed by atoms with van der Waals surface area (Å²) in [6.45, 7) is 0. The smallest absolute Gasteiger partial charge is 0.307 e. The highest BCUT2D eigenvalue weighted by atomic mass is 16.5. The first-order valence-electron chi connectivity index (χ1n) is 5.55. The summed E-state index contributed by atoms with van der Waals surface area (Å²) >= 11 is 0. The highest BCUT2D eigenvalue weighted by molar-refractivity contribution is 5.68. The number of carboxylic acids is 1. The third-order valence-corrected chi connectivity index (χ3v) is 3.04. The van der Waals surface area contributed by atoms with Gasteiger partial charge < -0.3 is 9.84 Å². The highest BCUT2D eigenvalue weighted by Gasteiger charge is 2.41. The number of hydrogen-bond acceptors (Lipinski definition) is 3. The second kappa shape index (κ2) is 4.46. The van der Waals surface area contributed by atoms with Gasteiger partial charge in [0.05, 0.1) is 18.1 Å². The van der Waals surface area contributed by atoms with E-state index in [9.17, 15) is 4.79 Å². The summed E-state index contributed by atoms with van der Waals surface area (Å²) in [6.07, 6.45) is 2.53. The minimum Gasteiger partial charge on any atom is -0.487 e. The van der Waals surface area contributed by atoms with Crippen LogP contribution in [0.4, 0.5) is 0 Å². The molecule has 0 saturated heterocycles. The van der Waals surface area contributed by atoms with E-state index in [1.807, 2.05) is 6.07 Å². The van der Waals surface area contributed by atoms with Gasteiger partial charge in [0.1, 0.15) is 11.4 Å². The van der Waals surface area contributed by atoms with Crippen molar-refractivity contribution in [3.05, 3.63) is 29.8 Å².